The number of benzene rings is 1. The first-order chi connectivity index (χ1) is 8.94. The molecule has 0 radical (unpaired) electrons. The number of nitrogens with zero attached hydrogens (tertiary/aromatic N) is 2. The molecule has 1 heterocycles. The summed E-state index contributed by atoms with van der Waals surface area (Å²) in [5.41, 5.74) is 7.63. The molecule has 0 spiro atoms. The molecule has 1 aromatic carbocycles. The summed E-state index contributed by atoms with van der Waals surface area (Å²) in [6, 6.07) is 7.60. The summed E-state index contributed by atoms with van der Waals surface area (Å²) in [4.78, 5) is 3.59. The third kappa shape index (κ3) is 4.40. The maximum Gasteiger partial charge on any atom is 0.401 e. The summed E-state index contributed by atoms with van der Waals surface area (Å²) >= 11 is 0. The fourth-order valence-corrected chi connectivity index (χ4v) is 2.28. The topological polar surface area (TPSA) is 32.5 Å². The number of halogens is 3. The molecule has 1 aromatic rings. The van der Waals surface area contributed by atoms with E-state index in [9.17, 15) is 13.2 Å². The highest BCUT2D eigenvalue weighted by atomic mass is 19.4. The molecule has 19 heavy (non-hydrogen) atoms. The molecule has 1 fully saturated rings. The number of hydrogen-bond acceptors (Lipinski definition) is 3. The molecule has 2 rings (SSSR count). The maximum atomic E-state index is 12.3. The Morgan fingerprint density at radius 3 is 2.16 bits per heavy atom. The average molecular weight is 273 g/mol. The van der Waals surface area contributed by atoms with E-state index in [0.717, 1.165) is 11.3 Å². The van der Waals surface area contributed by atoms with Gasteiger partial charge in [-0.25, -0.2) is 0 Å². The summed E-state index contributed by atoms with van der Waals surface area (Å²) in [6.07, 6.45) is -4.11. The molecule has 0 amide bonds. The van der Waals surface area contributed by atoms with Crippen molar-refractivity contribution in [2.75, 3.05) is 38.5 Å². The standard InChI is InChI=1S/C13H18F3N3/c14-13(15,16)10-19-7-5-18(6-8-19)9-11-3-1-2-4-12(11)17/h1-4H,5-10,17H2. The Kier molecular flexibility index (Phi) is 4.31. The zero-order valence-corrected chi connectivity index (χ0v) is 10.7. The lowest BCUT2D eigenvalue weighted by Crippen LogP contribution is -2.48. The van der Waals surface area contributed by atoms with Gasteiger partial charge in [0, 0.05) is 38.4 Å². The van der Waals surface area contributed by atoms with E-state index in [1.165, 1.54) is 4.90 Å². The molecule has 1 saturated heterocycles. The fourth-order valence-electron chi connectivity index (χ4n) is 2.28. The minimum Gasteiger partial charge on any atom is -0.398 e. The van der Waals surface area contributed by atoms with E-state index < -0.39 is 12.7 Å². The Labute approximate surface area is 110 Å². The highest BCUT2D eigenvalue weighted by molar-refractivity contribution is 5.46. The minimum absolute atomic E-state index is 0.451. The van der Waals surface area contributed by atoms with Gasteiger partial charge in [0.15, 0.2) is 0 Å². The Morgan fingerprint density at radius 2 is 1.58 bits per heavy atom. The Morgan fingerprint density at radius 1 is 1.00 bits per heavy atom. The van der Waals surface area contributed by atoms with Gasteiger partial charge >= 0.3 is 6.18 Å². The van der Waals surface area contributed by atoms with E-state index in [-0.39, 0.29) is 0 Å². The van der Waals surface area contributed by atoms with E-state index in [4.69, 9.17) is 5.73 Å². The fraction of sp³-hybridized carbons (Fsp3) is 0.538. The molecule has 0 atom stereocenters. The van der Waals surface area contributed by atoms with Crippen molar-refractivity contribution in [3.63, 3.8) is 0 Å². The third-order valence-corrected chi connectivity index (χ3v) is 3.32. The molecule has 1 aliphatic rings. The highest BCUT2D eigenvalue weighted by Crippen LogP contribution is 2.19. The van der Waals surface area contributed by atoms with Crippen LogP contribution in [-0.2, 0) is 6.54 Å². The van der Waals surface area contributed by atoms with Crippen LogP contribution in [0.15, 0.2) is 24.3 Å². The summed E-state index contributed by atoms with van der Waals surface area (Å²) in [5.74, 6) is 0. The molecular formula is C13H18F3N3. The number of nitrogen functional groups attached to an aromatic ring is 1. The van der Waals surface area contributed by atoms with Gasteiger partial charge in [-0.05, 0) is 11.6 Å². The van der Waals surface area contributed by atoms with Gasteiger partial charge in [-0.15, -0.1) is 0 Å². The van der Waals surface area contributed by atoms with Gasteiger partial charge in [0.25, 0.3) is 0 Å². The third-order valence-electron chi connectivity index (χ3n) is 3.32. The normalized spacial score (nSPS) is 18.7. The SMILES string of the molecule is Nc1ccccc1CN1CCN(CC(F)(F)F)CC1. The van der Waals surface area contributed by atoms with Crippen molar-refractivity contribution in [2.45, 2.75) is 12.7 Å². The largest absolute Gasteiger partial charge is 0.401 e. The predicted molar refractivity (Wildman–Crippen MR) is 68.6 cm³/mol. The summed E-state index contributed by atoms with van der Waals surface area (Å²) in [7, 11) is 0. The zero-order chi connectivity index (χ0) is 13.9. The van der Waals surface area contributed by atoms with Crippen LogP contribution >= 0.6 is 0 Å². The van der Waals surface area contributed by atoms with Gasteiger partial charge in [-0.1, -0.05) is 18.2 Å². The molecule has 0 aliphatic carbocycles. The lowest BCUT2D eigenvalue weighted by molar-refractivity contribution is -0.149. The molecule has 6 heteroatoms. The van der Waals surface area contributed by atoms with Crippen molar-refractivity contribution >= 4 is 5.69 Å². The summed E-state index contributed by atoms with van der Waals surface area (Å²) in [5, 5.41) is 0. The number of nitrogens with two attached hydrogens (primary N) is 1. The van der Waals surface area contributed by atoms with Crippen LogP contribution in [0.4, 0.5) is 18.9 Å². The first kappa shape index (κ1) is 14.1. The average Bonchev–Trinajstić information content (AvgIpc) is 2.33. The molecule has 3 nitrogen and oxygen atoms in total. The van der Waals surface area contributed by atoms with Gasteiger partial charge in [0.05, 0.1) is 6.54 Å². The Hall–Kier alpha value is -1.27. The van der Waals surface area contributed by atoms with Crippen molar-refractivity contribution < 1.29 is 13.2 Å². The van der Waals surface area contributed by atoms with Crippen molar-refractivity contribution in [3.8, 4) is 0 Å². The zero-order valence-electron chi connectivity index (χ0n) is 10.7. The van der Waals surface area contributed by atoms with Gasteiger partial charge < -0.3 is 5.73 Å². The second-order valence-corrected chi connectivity index (χ2v) is 4.87. The number of hydrogen-bond donors (Lipinski definition) is 1. The molecule has 0 aromatic heterocycles. The summed E-state index contributed by atoms with van der Waals surface area (Å²) in [6.45, 7) is 2.08. The van der Waals surface area contributed by atoms with Crippen molar-refractivity contribution in [1.82, 2.24) is 9.80 Å². The minimum atomic E-state index is -4.11. The Bertz CT molecular complexity index is 412. The molecule has 1 aliphatic heterocycles. The molecule has 0 saturated carbocycles. The monoisotopic (exact) mass is 273 g/mol. The number of piperazine rings is 1. The van der Waals surface area contributed by atoms with Gasteiger partial charge in [0.1, 0.15) is 0 Å². The highest BCUT2D eigenvalue weighted by Gasteiger charge is 2.32. The van der Waals surface area contributed by atoms with Crippen LogP contribution in [0, 0.1) is 0 Å². The van der Waals surface area contributed by atoms with Crippen LogP contribution in [-0.4, -0.2) is 48.7 Å². The predicted octanol–water partition coefficient (Wildman–Crippen LogP) is 1.95. The van der Waals surface area contributed by atoms with Crippen molar-refractivity contribution in [1.29, 1.82) is 0 Å². The lowest BCUT2D eigenvalue weighted by Gasteiger charge is -2.35. The van der Waals surface area contributed by atoms with Gasteiger partial charge in [-0.3, -0.25) is 9.80 Å². The molecule has 106 valence electrons. The first-order valence-electron chi connectivity index (χ1n) is 6.29. The van der Waals surface area contributed by atoms with E-state index in [1.54, 1.807) is 0 Å². The van der Waals surface area contributed by atoms with Crippen LogP contribution in [0.1, 0.15) is 5.56 Å². The van der Waals surface area contributed by atoms with Crippen molar-refractivity contribution in [2.24, 2.45) is 0 Å². The van der Waals surface area contributed by atoms with Crippen LogP contribution < -0.4 is 5.73 Å². The van der Waals surface area contributed by atoms with Gasteiger partial charge in [-0.2, -0.15) is 13.2 Å². The summed E-state index contributed by atoms with van der Waals surface area (Å²) < 4.78 is 36.8. The number of rotatable bonds is 3. The number of alkyl halides is 3. The maximum absolute atomic E-state index is 12.3. The molecule has 2 N–H and O–H groups in total. The lowest BCUT2D eigenvalue weighted by atomic mass is 10.1. The number of para-hydroxylation sites is 1. The molecule has 0 bridgehead atoms. The van der Waals surface area contributed by atoms with Crippen LogP contribution in [0.25, 0.3) is 0 Å². The van der Waals surface area contributed by atoms with E-state index >= 15 is 0 Å². The molecular weight excluding hydrogens is 255 g/mol. The van der Waals surface area contributed by atoms with Crippen LogP contribution in [0.3, 0.4) is 0 Å². The number of anilines is 1. The second-order valence-electron chi connectivity index (χ2n) is 4.87. The van der Waals surface area contributed by atoms with E-state index in [2.05, 4.69) is 4.90 Å². The van der Waals surface area contributed by atoms with E-state index in [0.29, 0.717) is 32.7 Å². The Balaban J connectivity index is 1.82. The smallest absolute Gasteiger partial charge is 0.398 e. The van der Waals surface area contributed by atoms with E-state index in [1.807, 2.05) is 24.3 Å². The second kappa shape index (κ2) is 5.79. The van der Waals surface area contributed by atoms with Crippen LogP contribution in [0.5, 0.6) is 0 Å². The van der Waals surface area contributed by atoms with Crippen LogP contribution in [0.2, 0.25) is 0 Å². The quantitative estimate of drug-likeness (QED) is 0.854. The van der Waals surface area contributed by atoms with Gasteiger partial charge in [0.2, 0.25) is 0 Å². The van der Waals surface area contributed by atoms with Crippen molar-refractivity contribution in [3.05, 3.63) is 29.8 Å². The first-order valence-corrected chi connectivity index (χ1v) is 6.29. The molecule has 0 unspecified atom stereocenters.